The van der Waals surface area contributed by atoms with Crippen LogP contribution >= 0.6 is 0 Å². The Morgan fingerprint density at radius 3 is 2.69 bits per heavy atom. The van der Waals surface area contributed by atoms with E-state index in [2.05, 4.69) is 24.2 Å². The molecule has 1 amide bonds. The van der Waals surface area contributed by atoms with Crippen LogP contribution in [0.3, 0.4) is 0 Å². The van der Waals surface area contributed by atoms with Crippen LogP contribution in [0.25, 0.3) is 0 Å². The summed E-state index contributed by atoms with van der Waals surface area (Å²) in [6.07, 6.45) is 2.76. The van der Waals surface area contributed by atoms with E-state index in [1.807, 2.05) is 12.1 Å². The number of carbonyl (C=O) groups excluding carboxylic acids is 1. The van der Waals surface area contributed by atoms with Crippen molar-refractivity contribution in [3.63, 3.8) is 0 Å². The molecule has 0 aliphatic rings. The summed E-state index contributed by atoms with van der Waals surface area (Å²) in [6.45, 7) is 5.29. The Bertz CT molecular complexity index is 347. The second-order valence-corrected chi connectivity index (χ2v) is 3.41. The largest absolute Gasteiger partial charge is 0.433 e. The van der Waals surface area contributed by atoms with Gasteiger partial charge in [-0.25, -0.2) is 10.2 Å². The van der Waals surface area contributed by atoms with Gasteiger partial charge in [0.2, 0.25) is 0 Å². The molecule has 0 bridgehead atoms. The second kappa shape index (κ2) is 6.61. The number of ether oxygens (including phenoxy) is 1. The highest BCUT2D eigenvalue weighted by Crippen LogP contribution is 2.13. The van der Waals surface area contributed by atoms with Crippen LogP contribution in [0.15, 0.2) is 29.4 Å². The van der Waals surface area contributed by atoms with E-state index in [-0.39, 0.29) is 0 Å². The molecule has 1 rings (SSSR count). The third-order valence-corrected chi connectivity index (χ3v) is 2.12. The highest BCUT2D eigenvalue weighted by atomic mass is 16.6. The van der Waals surface area contributed by atoms with Crippen molar-refractivity contribution in [3.8, 4) is 5.75 Å². The van der Waals surface area contributed by atoms with Gasteiger partial charge in [0.05, 0.1) is 0 Å². The van der Waals surface area contributed by atoms with Crippen molar-refractivity contribution in [1.82, 2.24) is 5.43 Å². The standard InChI is InChI=1S/C12H16N2O2/c1-3-4-5-10-6-8-11(9-7-10)16-12(15)14-13-2/h6-9H,2-5H2,1H3,(H,14,15). The van der Waals surface area contributed by atoms with Gasteiger partial charge in [-0.2, -0.15) is 5.10 Å². The molecule has 0 radical (unpaired) electrons. The van der Waals surface area contributed by atoms with Gasteiger partial charge in [0.15, 0.2) is 0 Å². The third kappa shape index (κ3) is 4.13. The summed E-state index contributed by atoms with van der Waals surface area (Å²) in [5.74, 6) is 0.501. The fourth-order valence-electron chi connectivity index (χ4n) is 1.30. The normalized spacial score (nSPS) is 9.56. The van der Waals surface area contributed by atoms with Crippen molar-refractivity contribution in [2.75, 3.05) is 0 Å². The van der Waals surface area contributed by atoms with Crippen molar-refractivity contribution in [1.29, 1.82) is 0 Å². The molecule has 0 saturated heterocycles. The Hall–Kier alpha value is -1.84. The Morgan fingerprint density at radius 1 is 1.44 bits per heavy atom. The van der Waals surface area contributed by atoms with Gasteiger partial charge in [0.1, 0.15) is 5.75 Å². The Labute approximate surface area is 95.3 Å². The molecule has 0 aromatic heterocycles. The van der Waals surface area contributed by atoms with E-state index < -0.39 is 6.09 Å². The molecule has 0 fully saturated rings. The number of rotatable bonds is 5. The number of hydrazone groups is 1. The van der Waals surface area contributed by atoms with Crippen LogP contribution < -0.4 is 10.2 Å². The fraction of sp³-hybridized carbons (Fsp3) is 0.333. The van der Waals surface area contributed by atoms with E-state index >= 15 is 0 Å². The van der Waals surface area contributed by atoms with E-state index in [9.17, 15) is 4.79 Å². The Balaban J connectivity index is 2.50. The zero-order valence-electron chi connectivity index (χ0n) is 9.40. The van der Waals surface area contributed by atoms with Crippen LogP contribution in [-0.2, 0) is 6.42 Å². The lowest BCUT2D eigenvalue weighted by Crippen LogP contribution is -2.20. The van der Waals surface area contributed by atoms with Gasteiger partial charge in [0, 0.05) is 6.72 Å². The van der Waals surface area contributed by atoms with Crippen LogP contribution in [0, 0.1) is 0 Å². The Morgan fingerprint density at radius 2 is 2.12 bits per heavy atom. The summed E-state index contributed by atoms with van der Waals surface area (Å²) in [5, 5.41) is 3.22. The van der Waals surface area contributed by atoms with Crippen LogP contribution in [0.2, 0.25) is 0 Å². The molecule has 0 spiro atoms. The molecular formula is C12H16N2O2. The van der Waals surface area contributed by atoms with Crippen LogP contribution in [-0.4, -0.2) is 12.8 Å². The van der Waals surface area contributed by atoms with Gasteiger partial charge in [-0.3, -0.25) is 0 Å². The van der Waals surface area contributed by atoms with Crippen molar-refractivity contribution in [2.45, 2.75) is 26.2 Å². The smallest absolute Gasteiger partial charge is 0.409 e. The van der Waals surface area contributed by atoms with E-state index in [0.717, 1.165) is 6.42 Å². The number of nitrogens with one attached hydrogen (secondary N) is 1. The topological polar surface area (TPSA) is 50.7 Å². The SMILES string of the molecule is C=NNC(=O)Oc1ccc(CCCC)cc1. The highest BCUT2D eigenvalue weighted by molar-refractivity contribution is 5.70. The van der Waals surface area contributed by atoms with Gasteiger partial charge in [-0.15, -0.1) is 0 Å². The molecule has 0 saturated carbocycles. The van der Waals surface area contributed by atoms with Gasteiger partial charge in [-0.05, 0) is 30.5 Å². The van der Waals surface area contributed by atoms with Crippen LogP contribution in [0.4, 0.5) is 4.79 Å². The van der Waals surface area contributed by atoms with Crippen molar-refractivity contribution >= 4 is 12.8 Å². The van der Waals surface area contributed by atoms with Crippen molar-refractivity contribution < 1.29 is 9.53 Å². The zero-order chi connectivity index (χ0) is 11.8. The zero-order valence-corrected chi connectivity index (χ0v) is 9.40. The lowest BCUT2D eigenvalue weighted by atomic mass is 10.1. The van der Waals surface area contributed by atoms with Gasteiger partial charge >= 0.3 is 6.09 Å². The molecule has 4 nitrogen and oxygen atoms in total. The summed E-state index contributed by atoms with van der Waals surface area (Å²) in [5.41, 5.74) is 3.34. The predicted molar refractivity (Wildman–Crippen MR) is 63.8 cm³/mol. The van der Waals surface area contributed by atoms with Crippen molar-refractivity contribution in [2.24, 2.45) is 5.10 Å². The molecule has 4 heteroatoms. The summed E-state index contributed by atoms with van der Waals surface area (Å²) >= 11 is 0. The van der Waals surface area contributed by atoms with Crippen LogP contribution in [0.1, 0.15) is 25.3 Å². The monoisotopic (exact) mass is 220 g/mol. The number of hydrogen-bond donors (Lipinski definition) is 1. The van der Waals surface area contributed by atoms with E-state index in [1.165, 1.54) is 18.4 Å². The maximum atomic E-state index is 11.0. The number of amides is 1. The summed E-state index contributed by atoms with van der Waals surface area (Å²) < 4.78 is 4.93. The highest BCUT2D eigenvalue weighted by Gasteiger charge is 2.01. The molecule has 1 aromatic rings. The number of nitrogens with zero attached hydrogens (tertiary/aromatic N) is 1. The first-order valence-electron chi connectivity index (χ1n) is 5.28. The molecule has 86 valence electrons. The predicted octanol–water partition coefficient (Wildman–Crippen LogP) is 2.73. The minimum Gasteiger partial charge on any atom is -0.409 e. The second-order valence-electron chi connectivity index (χ2n) is 3.41. The molecule has 1 aromatic carbocycles. The third-order valence-electron chi connectivity index (χ3n) is 2.12. The van der Waals surface area contributed by atoms with E-state index in [4.69, 9.17) is 4.74 Å². The first-order valence-corrected chi connectivity index (χ1v) is 5.28. The van der Waals surface area contributed by atoms with Crippen LogP contribution in [0.5, 0.6) is 5.75 Å². The molecule has 0 heterocycles. The number of benzene rings is 1. The number of unbranched alkanes of at least 4 members (excludes halogenated alkanes) is 1. The average molecular weight is 220 g/mol. The molecule has 0 aliphatic heterocycles. The summed E-state index contributed by atoms with van der Waals surface area (Å²) in [6, 6.07) is 7.46. The van der Waals surface area contributed by atoms with Gasteiger partial charge < -0.3 is 4.74 Å². The molecule has 0 atom stereocenters. The van der Waals surface area contributed by atoms with Gasteiger partial charge in [0.25, 0.3) is 0 Å². The molecule has 0 aliphatic carbocycles. The minimum absolute atomic E-state index is 0.501. The quantitative estimate of drug-likeness (QED) is 0.612. The first kappa shape index (κ1) is 12.2. The molecule has 1 N–H and O–H groups in total. The first-order chi connectivity index (χ1) is 7.76. The molecule has 0 unspecified atom stereocenters. The van der Waals surface area contributed by atoms with E-state index in [1.54, 1.807) is 12.1 Å². The van der Waals surface area contributed by atoms with Crippen molar-refractivity contribution in [3.05, 3.63) is 29.8 Å². The maximum absolute atomic E-state index is 11.0. The average Bonchev–Trinajstić information content (AvgIpc) is 2.28. The van der Waals surface area contributed by atoms with E-state index in [0.29, 0.717) is 5.75 Å². The summed E-state index contributed by atoms with van der Waals surface area (Å²) in [4.78, 5) is 11.0. The number of hydrogen-bond acceptors (Lipinski definition) is 3. The lowest BCUT2D eigenvalue weighted by Gasteiger charge is -2.04. The lowest BCUT2D eigenvalue weighted by molar-refractivity contribution is 0.201. The summed E-state index contributed by atoms with van der Waals surface area (Å²) in [7, 11) is 0. The molecular weight excluding hydrogens is 204 g/mol. The number of aryl methyl sites for hydroxylation is 1. The fourth-order valence-corrected chi connectivity index (χ4v) is 1.30. The van der Waals surface area contributed by atoms with Gasteiger partial charge in [-0.1, -0.05) is 25.5 Å². The number of carbonyl (C=O) groups is 1. The maximum Gasteiger partial charge on any atom is 0.433 e. The minimum atomic E-state index is -0.628. The Kier molecular flexibility index (Phi) is 5.05. The molecule has 16 heavy (non-hydrogen) atoms.